The zero-order valence-corrected chi connectivity index (χ0v) is 19.5. The summed E-state index contributed by atoms with van der Waals surface area (Å²) in [6.45, 7) is 4.54. The minimum atomic E-state index is -0.546. The van der Waals surface area contributed by atoms with E-state index in [2.05, 4.69) is 21.9 Å². The van der Waals surface area contributed by atoms with Crippen molar-refractivity contribution in [1.29, 1.82) is 0 Å². The summed E-state index contributed by atoms with van der Waals surface area (Å²) in [7, 11) is 3.06. The van der Waals surface area contributed by atoms with Crippen LogP contribution in [0.25, 0.3) is 22.0 Å². The van der Waals surface area contributed by atoms with Gasteiger partial charge in [0, 0.05) is 34.7 Å². The van der Waals surface area contributed by atoms with E-state index < -0.39 is 5.91 Å². The normalized spacial score (nSPS) is 17.7. The van der Waals surface area contributed by atoms with Gasteiger partial charge in [0.25, 0.3) is 0 Å². The number of carbonyl (C=O) groups excluding carboxylic acids is 1. The molecule has 4 rings (SSSR count). The average molecular weight is 489 g/mol. The molecule has 2 aromatic carbocycles. The molecule has 33 heavy (non-hydrogen) atoms. The average Bonchev–Trinajstić information content (AvgIpc) is 3.26. The van der Waals surface area contributed by atoms with Gasteiger partial charge < -0.3 is 25.3 Å². The third-order valence-corrected chi connectivity index (χ3v) is 6.35. The van der Waals surface area contributed by atoms with Crippen LogP contribution in [0.1, 0.15) is 0 Å². The Morgan fingerprint density at radius 2 is 1.88 bits per heavy atom. The van der Waals surface area contributed by atoms with E-state index in [-0.39, 0.29) is 12.0 Å². The number of fused-ring (bicyclic) bond motifs is 1. The number of hydrogen-bond donors (Lipinski definition) is 2. The summed E-state index contributed by atoms with van der Waals surface area (Å²) in [4.78, 5) is 20.5. The summed E-state index contributed by atoms with van der Waals surface area (Å²) in [6, 6.07) is 7.04. The topological polar surface area (TPSA) is 109 Å². The Labute approximate surface area is 200 Å². The molecule has 2 atom stereocenters. The molecule has 1 aliphatic heterocycles. The lowest BCUT2D eigenvalue weighted by atomic mass is 9.95. The lowest BCUT2D eigenvalue weighted by molar-refractivity contribution is -0.115. The van der Waals surface area contributed by atoms with Gasteiger partial charge >= 0.3 is 0 Å². The van der Waals surface area contributed by atoms with Gasteiger partial charge in [-0.1, -0.05) is 35.8 Å². The number of nitrogens with two attached hydrogens (primary N) is 1. The number of rotatable bonds is 7. The predicted octanol–water partition coefficient (Wildman–Crippen LogP) is 4.09. The molecule has 0 spiro atoms. The van der Waals surface area contributed by atoms with Gasteiger partial charge in [-0.05, 0) is 17.7 Å². The van der Waals surface area contributed by atoms with E-state index in [1.54, 1.807) is 12.3 Å². The molecule has 0 saturated carbocycles. The molecule has 0 radical (unpaired) electrons. The van der Waals surface area contributed by atoms with Crippen LogP contribution in [0, 0.1) is 5.92 Å². The van der Waals surface area contributed by atoms with E-state index in [4.69, 9.17) is 43.1 Å². The number of primary amides is 1. The van der Waals surface area contributed by atoms with Crippen molar-refractivity contribution in [3.63, 3.8) is 0 Å². The predicted molar refractivity (Wildman–Crippen MR) is 128 cm³/mol. The van der Waals surface area contributed by atoms with Gasteiger partial charge in [-0.15, -0.1) is 0 Å². The van der Waals surface area contributed by atoms with E-state index in [0.29, 0.717) is 57.4 Å². The smallest absolute Gasteiger partial charge is 0.244 e. The van der Waals surface area contributed by atoms with Crippen LogP contribution in [0.5, 0.6) is 11.5 Å². The maximum absolute atomic E-state index is 11.5. The number of methoxy groups -OCH3 is 2. The van der Waals surface area contributed by atoms with E-state index in [0.717, 1.165) is 10.9 Å². The first kappa shape index (κ1) is 23.1. The first-order chi connectivity index (χ1) is 15.8. The fraction of sp³-hybridized carbons (Fsp3) is 0.261. The molecule has 3 aromatic rings. The highest BCUT2D eigenvalue weighted by Crippen LogP contribution is 2.46. The zero-order chi connectivity index (χ0) is 23.7. The summed E-state index contributed by atoms with van der Waals surface area (Å²) in [5, 5.41) is 4.76. The molecule has 172 valence electrons. The number of ether oxygens (including phenoxy) is 3. The van der Waals surface area contributed by atoms with Gasteiger partial charge in [-0.25, -0.2) is 9.97 Å². The van der Waals surface area contributed by atoms with Gasteiger partial charge in [-0.2, -0.15) is 0 Å². The standard InChI is InChI=1S/C23H22Cl2N4O4/c1-11(22(26)30)14-9-33-10-16(14)29-23-27-8-13-6-12(4-5-15(13)28-23)19-20(24)17(31-2)7-18(32-3)21(19)25/h4-8,14,16H,1,9-10H2,2-3H3,(H2,26,30)(H,27,28,29)/t14-,16-/m1/s1. The monoisotopic (exact) mass is 488 g/mol. The maximum Gasteiger partial charge on any atom is 0.244 e. The molecule has 0 unspecified atom stereocenters. The number of carbonyl (C=O) groups is 1. The fourth-order valence-corrected chi connectivity index (χ4v) is 4.50. The third-order valence-electron chi connectivity index (χ3n) is 5.60. The van der Waals surface area contributed by atoms with Crippen molar-refractivity contribution in [2.75, 3.05) is 32.8 Å². The molecule has 0 aliphatic carbocycles. The molecule has 2 heterocycles. The highest BCUT2D eigenvalue weighted by molar-refractivity contribution is 6.41. The van der Waals surface area contributed by atoms with Crippen LogP contribution in [0.2, 0.25) is 10.0 Å². The first-order valence-electron chi connectivity index (χ1n) is 10.0. The Kier molecular flexibility index (Phi) is 6.60. The Morgan fingerprint density at radius 1 is 1.18 bits per heavy atom. The molecule has 1 aromatic heterocycles. The van der Waals surface area contributed by atoms with Crippen LogP contribution in [-0.2, 0) is 9.53 Å². The second kappa shape index (κ2) is 9.43. The Morgan fingerprint density at radius 3 is 2.52 bits per heavy atom. The molecule has 1 saturated heterocycles. The number of amides is 1. The highest BCUT2D eigenvalue weighted by atomic mass is 35.5. The molecular weight excluding hydrogens is 467 g/mol. The maximum atomic E-state index is 11.5. The van der Waals surface area contributed by atoms with Crippen molar-refractivity contribution in [3.05, 3.63) is 52.7 Å². The second-order valence-corrected chi connectivity index (χ2v) is 8.29. The third kappa shape index (κ3) is 4.42. The second-order valence-electron chi connectivity index (χ2n) is 7.54. The van der Waals surface area contributed by atoms with Crippen LogP contribution in [-0.4, -0.2) is 49.4 Å². The summed E-state index contributed by atoms with van der Waals surface area (Å²) in [5.41, 5.74) is 7.76. The lowest BCUT2D eigenvalue weighted by Gasteiger charge is -2.19. The number of nitrogens with one attached hydrogen (secondary N) is 1. The van der Waals surface area contributed by atoms with Crippen LogP contribution in [0.3, 0.4) is 0 Å². The Bertz CT molecular complexity index is 1220. The zero-order valence-electron chi connectivity index (χ0n) is 18.0. The molecule has 0 bridgehead atoms. The van der Waals surface area contributed by atoms with E-state index >= 15 is 0 Å². The summed E-state index contributed by atoms with van der Waals surface area (Å²) in [5.74, 6) is 0.531. The number of anilines is 1. The van der Waals surface area contributed by atoms with Crippen molar-refractivity contribution >= 4 is 46.0 Å². The Hall–Kier alpha value is -3.07. The van der Waals surface area contributed by atoms with Gasteiger partial charge in [0.15, 0.2) is 0 Å². The summed E-state index contributed by atoms with van der Waals surface area (Å²) in [6.07, 6.45) is 1.70. The van der Waals surface area contributed by atoms with Crippen LogP contribution in [0.4, 0.5) is 5.95 Å². The highest BCUT2D eigenvalue weighted by Gasteiger charge is 2.33. The molecule has 8 nitrogen and oxygen atoms in total. The molecular formula is C23H22Cl2N4O4. The number of benzene rings is 2. The van der Waals surface area contributed by atoms with Crippen molar-refractivity contribution < 1.29 is 19.0 Å². The van der Waals surface area contributed by atoms with Crippen molar-refractivity contribution in [2.24, 2.45) is 11.7 Å². The first-order valence-corrected chi connectivity index (χ1v) is 10.8. The van der Waals surface area contributed by atoms with Gasteiger partial charge in [0.1, 0.15) is 11.5 Å². The van der Waals surface area contributed by atoms with Crippen LogP contribution >= 0.6 is 23.2 Å². The van der Waals surface area contributed by atoms with E-state index in [1.165, 1.54) is 14.2 Å². The van der Waals surface area contributed by atoms with E-state index in [9.17, 15) is 4.79 Å². The number of halogens is 2. The van der Waals surface area contributed by atoms with Crippen molar-refractivity contribution in [1.82, 2.24) is 9.97 Å². The number of nitrogens with zero attached hydrogens (tertiary/aromatic N) is 2. The molecule has 1 aliphatic rings. The SMILES string of the molecule is C=C(C(N)=O)[C@H]1COC[C@H]1Nc1ncc2cc(-c3c(Cl)c(OC)cc(OC)c3Cl)ccc2n1. The number of hydrogen-bond acceptors (Lipinski definition) is 7. The molecule has 1 fully saturated rings. The van der Waals surface area contributed by atoms with E-state index in [1.807, 2.05) is 18.2 Å². The minimum Gasteiger partial charge on any atom is -0.495 e. The molecule has 3 N–H and O–H groups in total. The largest absolute Gasteiger partial charge is 0.495 e. The molecule has 10 heteroatoms. The lowest BCUT2D eigenvalue weighted by Crippen LogP contribution is -2.33. The van der Waals surface area contributed by atoms with Crippen LogP contribution < -0.4 is 20.5 Å². The van der Waals surface area contributed by atoms with Gasteiger partial charge in [0.2, 0.25) is 11.9 Å². The Balaban J connectivity index is 1.66. The quantitative estimate of drug-likeness (QED) is 0.482. The van der Waals surface area contributed by atoms with Gasteiger partial charge in [0.05, 0.1) is 49.0 Å². The van der Waals surface area contributed by atoms with Gasteiger partial charge in [-0.3, -0.25) is 4.79 Å². The fourth-order valence-electron chi connectivity index (χ4n) is 3.79. The summed E-state index contributed by atoms with van der Waals surface area (Å²) >= 11 is 13.1. The summed E-state index contributed by atoms with van der Waals surface area (Å²) < 4.78 is 16.2. The minimum absolute atomic E-state index is 0.205. The van der Waals surface area contributed by atoms with Crippen LogP contribution in [0.15, 0.2) is 42.6 Å². The van der Waals surface area contributed by atoms with Crippen molar-refractivity contribution in [3.8, 4) is 22.6 Å². The van der Waals surface area contributed by atoms with Crippen molar-refractivity contribution in [2.45, 2.75) is 6.04 Å². The number of aromatic nitrogens is 2. The molecule has 1 amide bonds.